The Hall–Kier alpha value is -2.30. The van der Waals surface area contributed by atoms with Gasteiger partial charge in [-0.3, -0.25) is 0 Å². The van der Waals surface area contributed by atoms with Crippen molar-refractivity contribution in [3.63, 3.8) is 0 Å². The average Bonchev–Trinajstić information content (AvgIpc) is 2.46. The maximum absolute atomic E-state index is 13.3. The van der Waals surface area contributed by atoms with E-state index < -0.39 is 11.6 Å². The zero-order chi connectivity index (χ0) is 14.4. The molecule has 2 aromatic carbocycles. The van der Waals surface area contributed by atoms with Gasteiger partial charge < -0.3 is 14.8 Å². The average molecular weight is 279 g/mol. The van der Waals surface area contributed by atoms with Gasteiger partial charge in [-0.1, -0.05) is 0 Å². The van der Waals surface area contributed by atoms with Gasteiger partial charge >= 0.3 is 0 Å². The van der Waals surface area contributed by atoms with E-state index in [1.807, 2.05) is 0 Å². The molecule has 0 aliphatic heterocycles. The van der Waals surface area contributed by atoms with Crippen LogP contribution in [0.1, 0.15) is 0 Å². The molecule has 0 aliphatic rings. The summed E-state index contributed by atoms with van der Waals surface area (Å²) in [7, 11) is 1.59. The van der Waals surface area contributed by atoms with Crippen LogP contribution in [-0.4, -0.2) is 20.3 Å². The molecule has 1 N–H and O–H groups in total. The standard InChI is InChI=1S/C15H15F2NO2/c1-19-12-3-5-13(6-4-12)20-9-8-18-15-7-2-11(16)10-14(15)17/h2-7,10,18H,8-9H2,1H3. The molecule has 0 amide bonds. The fraction of sp³-hybridized carbons (Fsp3) is 0.200. The Morgan fingerprint density at radius 2 is 1.70 bits per heavy atom. The van der Waals surface area contributed by atoms with Crippen LogP contribution >= 0.6 is 0 Å². The first-order chi connectivity index (χ1) is 9.69. The summed E-state index contributed by atoms with van der Waals surface area (Å²) in [6.07, 6.45) is 0. The predicted octanol–water partition coefficient (Wildman–Crippen LogP) is 3.46. The second-order valence-corrected chi connectivity index (χ2v) is 4.07. The van der Waals surface area contributed by atoms with Crippen molar-refractivity contribution in [2.75, 3.05) is 25.6 Å². The SMILES string of the molecule is COc1ccc(OCCNc2ccc(F)cc2F)cc1. The smallest absolute Gasteiger partial charge is 0.149 e. The molecule has 0 radical (unpaired) electrons. The van der Waals surface area contributed by atoms with Gasteiger partial charge in [0.2, 0.25) is 0 Å². The van der Waals surface area contributed by atoms with Gasteiger partial charge in [0, 0.05) is 12.6 Å². The second kappa shape index (κ2) is 6.75. The summed E-state index contributed by atoms with van der Waals surface area (Å²) >= 11 is 0. The van der Waals surface area contributed by atoms with Gasteiger partial charge in [0.15, 0.2) is 0 Å². The first-order valence-electron chi connectivity index (χ1n) is 6.15. The van der Waals surface area contributed by atoms with Gasteiger partial charge in [-0.2, -0.15) is 0 Å². The molecule has 0 bridgehead atoms. The van der Waals surface area contributed by atoms with Crippen molar-refractivity contribution in [1.29, 1.82) is 0 Å². The zero-order valence-corrected chi connectivity index (χ0v) is 11.0. The van der Waals surface area contributed by atoms with Crippen LogP contribution in [-0.2, 0) is 0 Å². The Labute approximate surface area is 116 Å². The highest BCUT2D eigenvalue weighted by Crippen LogP contribution is 2.17. The van der Waals surface area contributed by atoms with Crippen molar-refractivity contribution in [3.05, 3.63) is 54.1 Å². The van der Waals surface area contributed by atoms with Gasteiger partial charge in [-0.25, -0.2) is 8.78 Å². The van der Waals surface area contributed by atoms with Crippen LogP contribution in [0.5, 0.6) is 11.5 Å². The summed E-state index contributed by atoms with van der Waals surface area (Å²) in [4.78, 5) is 0. The molecule has 0 heterocycles. The van der Waals surface area contributed by atoms with Crippen LogP contribution in [0.15, 0.2) is 42.5 Å². The molecule has 0 unspecified atom stereocenters. The maximum atomic E-state index is 13.3. The van der Waals surface area contributed by atoms with Crippen molar-refractivity contribution < 1.29 is 18.3 Å². The Morgan fingerprint density at radius 1 is 1.00 bits per heavy atom. The van der Waals surface area contributed by atoms with Crippen LogP contribution in [0, 0.1) is 11.6 Å². The van der Waals surface area contributed by atoms with E-state index in [4.69, 9.17) is 9.47 Å². The molecule has 0 saturated carbocycles. The van der Waals surface area contributed by atoms with Crippen LogP contribution in [0.2, 0.25) is 0 Å². The lowest BCUT2D eigenvalue weighted by Crippen LogP contribution is -2.12. The molecule has 5 heteroatoms. The summed E-state index contributed by atoms with van der Waals surface area (Å²) < 4.78 is 36.6. The monoisotopic (exact) mass is 279 g/mol. The predicted molar refractivity (Wildman–Crippen MR) is 73.3 cm³/mol. The third-order valence-electron chi connectivity index (χ3n) is 2.68. The minimum Gasteiger partial charge on any atom is -0.497 e. The molecule has 20 heavy (non-hydrogen) atoms. The van der Waals surface area contributed by atoms with Gasteiger partial charge in [0.05, 0.1) is 12.8 Å². The second-order valence-electron chi connectivity index (χ2n) is 4.07. The van der Waals surface area contributed by atoms with E-state index >= 15 is 0 Å². The number of ether oxygens (including phenoxy) is 2. The Morgan fingerprint density at radius 3 is 2.35 bits per heavy atom. The van der Waals surface area contributed by atoms with E-state index in [2.05, 4.69) is 5.32 Å². The van der Waals surface area contributed by atoms with Gasteiger partial charge in [-0.05, 0) is 36.4 Å². The molecule has 0 atom stereocenters. The molecular weight excluding hydrogens is 264 g/mol. The van der Waals surface area contributed by atoms with E-state index in [-0.39, 0.29) is 5.69 Å². The fourth-order valence-electron chi connectivity index (χ4n) is 1.66. The van der Waals surface area contributed by atoms with Crippen molar-refractivity contribution >= 4 is 5.69 Å². The lowest BCUT2D eigenvalue weighted by atomic mass is 10.3. The van der Waals surface area contributed by atoms with E-state index in [0.717, 1.165) is 11.8 Å². The summed E-state index contributed by atoms with van der Waals surface area (Å²) in [5.41, 5.74) is 0.254. The number of nitrogens with one attached hydrogen (secondary N) is 1. The zero-order valence-electron chi connectivity index (χ0n) is 11.0. The number of halogens is 2. The largest absolute Gasteiger partial charge is 0.497 e. The van der Waals surface area contributed by atoms with Crippen LogP contribution in [0.3, 0.4) is 0 Å². The number of rotatable bonds is 6. The summed E-state index contributed by atoms with van der Waals surface area (Å²) in [5.74, 6) is 0.244. The Kier molecular flexibility index (Phi) is 4.76. The third kappa shape index (κ3) is 3.85. The van der Waals surface area contributed by atoms with Gasteiger partial charge in [0.1, 0.15) is 29.7 Å². The molecule has 2 rings (SSSR count). The molecule has 106 valence electrons. The van der Waals surface area contributed by atoms with E-state index in [1.54, 1.807) is 31.4 Å². The minimum atomic E-state index is -0.616. The summed E-state index contributed by atoms with van der Waals surface area (Å²) in [5, 5.41) is 2.84. The van der Waals surface area contributed by atoms with E-state index in [1.165, 1.54) is 12.1 Å². The van der Waals surface area contributed by atoms with Crippen LogP contribution in [0.25, 0.3) is 0 Å². The van der Waals surface area contributed by atoms with E-state index in [9.17, 15) is 8.78 Å². The topological polar surface area (TPSA) is 30.5 Å². The van der Waals surface area contributed by atoms with Crippen molar-refractivity contribution in [1.82, 2.24) is 0 Å². The van der Waals surface area contributed by atoms with Crippen molar-refractivity contribution in [2.24, 2.45) is 0 Å². The fourth-order valence-corrected chi connectivity index (χ4v) is 1.66. The highest BCUT2D eigenvalue weighted by atomic mass is 19.1. The van der Waals surface area contributed by atoms with Gasteiger partial charge in [0.25, 0.3) is 0 Å². The molecular formula is C15H15F2NO2. The molecule has 0 aromatic heterocycles. The maximum Gasteiger partial charge on any atom is 0.149 e. The normalized spacial score (nSPS) is 10.2. The highest BCUT2D eigenvalue weighted by molar-refractivity contribution is 5.44. The van der Waals surface area contributed by atoms with Crippen LogP contribution in [0.4, 0.5) is 14.5 Å². The molecule has 0 saturated heterocycles. The molecule has 0 spiro atoms. The Bertz CT molecular complexity index is 558. The quantitative estimate of drug-likeness (QED) is 0.821. The van der Waals surface area contributed by atoms with Crippen molar-refractivity contribution in [3.8, 4) is 11.5 Å². The molecule has 0 fully saturated rings. The van der Waals surface area contributed by atoms with Crippen LogP contribution < -0.4 is 14.8 Å². The molecule has 0 aliphatic carbocycles. The highest BCUT2D eigenvalue weighted by Gasteiger charge is 2.02. The van der Waals surface area contributed by atoms with E-state index in [0.29, 0.717) is 18.9 Å². The minimum absolute atomic E-state index is 0.254. The lowest BCUT2D eigenvalue weighted by Gasteiger charge is -2.09. The number of anilines is 1. The molecule has 2 aromatic rings. The first kappa shape index (κ1) is 14.1. The molecule has 3 nitrogen and oxygen atoms in total. The number of methoxy groups -OCH3 is 1. The summed E-state index contributed by atoms with van der Waals surface area (Å²) in [6, 6.07) is 10.6. The lowest BCUT2D eigenvalue weighted by molar-refractivity contribution is 0.331. The summed E-state index contributed by atoms with van der Waals surface area (Å²) in [6.45, 7) is 0.776. The Balaban J connectivity index is 1.78. The van der Waals surface area contributed by atoms with Gasteiger partial charge in [-0.15, -0.1) is 0 Å². The van der Waals surface area contributed by atoms with Crippen molar-refractivity contribution in [2.45, 2.75) is 0 Å². The number of hydrogen-bond donors (Lipinski definition) is 1. The first-order valence-corrected chi connectivity index (χ1v) is 6.15. The third-order valence-corrected chi connectivity index (χ3v) is 2.68. The number of hydrogen-bond acceptors (Lipinski definition) is 3. The number of benzene rings is 2.